The second kappa shape index (κ2) is 3.33. The number of aromatic hydroxyl groups is 1. The third-order valence-corrected chi connectivity index (χ3v) is 1.66. The molecule has 0 aliphatic carbocycles. The Bertz CT molecular complexity index is 377. The van der Waals surface area contributed by atoms with E-state index in [1.165, 1.54) is 13.0 Å². The molecule has 6 heteroatoms. The van der Waals surface area contributed by atoms with Crippen LogP contribution in [0.5, 0.6) is 5.75 Å². The van der Waals surface area contributed by atoms with E-state index in [-0.39, 0.29) is 0 Å². The lowest BCUT2D eigenvalue weighted by atomic mass is 10.1. The molecule has 0 unspecified atom stereocenters. The van der Waals surface area contributed by atoms with Gasteiger partial charge >= 0.3 is 11.7 Å². The monoisotopic (exact) mass is 197 g/mol. The molecule has 14 heavy (non-hydrogen) atoms. The van der Waals surface area contributed by atoms with Crippen molar-refractivity contribution >= 4 is 11.7 Å². The van der Waals surface area contributed by atoms with Gasteiger partial charge in [0.25, 0.3) is 0 Å². The van der Waals surface area contributed by atoms with Crippen LogP contribution in [0.4, 0.5) is 5.69 Å². The van der Waals surface area contributed by atoms with Crippen molar-refractivity contribution in [2.75, 3.05) is 0 Å². The van der Waals surface area contributed by atoms with E-state index < -0.39 is 27.9 Å². The molecule has 1 aromatic rings. The quantitative estimate of drug-likeness (QED) is 0.549. The molecule has 0 saturated carbocycles. The summed E-state index contributed by atoms with van der Waals surface area (Å²) >= 11 is 0. The molecule has 0 saturated heterocycles. The molecule has 0 aliphatic heterocycles. The van der Waals surface area contributed by atoms with Crippen LogP contribution >= 0.6 is 0 Å². The summed E-state index contributed by atoms with van der Waals surface area (Å²) in [5.74, 6) is -2.21. The number of carboxylic acids is 1. The predicted octanol–water partition coefficient (Wildman–Crippen LogP) is 1.31. The minimum atomic E-state index is -1.39. The number of aryl methyl sites for hydroxylation is 1. The number of carbonyl (C=O) groups is 1. The number of nitro benzene ring substituents is 1. The molecule has 0 radical (unpaired) electrons. The second-order valence-electron chi connectivity index (χ2n) is 2.74. The summed E-state index contributed by atoms with van der Waals surface area (Å²) in [6, 6.07) is 2.28. The smallest absolute Gasteiger partial charge is 0.339 e. The summed E-state index contributed by atoms with van der Waals surface area (Å²) in [6.45, 7) is 1.51. The van der Waals surface area contributed by atoms with E-state index in [0.717, 1.165) is 6.07 Å². The molecular formula is C8H7NO5. The predicted molar refractivity (Wildman–Crippen MR) is 46.5 cm³/mol. The first-order valence-corrected chi connectivity index (χ1v) is 3.64. The molecule has 0 bridgehead atoms. The van der Waals surface area contributed by atoms with Gasteiger partial charge in [0.15, 0.2) is 0 Å². The molecule has 0 aromatic heterocycles. The topological polar surface area (TPSA) is 101 Å². The summed E-state index contributed by atoms with van der Waals surface area (Å²) in [5.41, 5.74) is -0.647. The Labute approximate surface area is 78.6 Å². The Morgan fingerprint density at radius 3 is 2.50 bits per heavy atom. The van der Waals surface area contributed by atoms with E-state index in [4.69, 9.17) is 5.11 Å². The van der Waals surface area contributed by atoms with Gasteiger partial charge in [-0.2, -0.15) is 0 Å². The zero-order valence-corrected chi connectivity index (χ0v) is 7.22. The molecule has 0 fully saturated rings. The first-order valence-electron chi connectivity index (χ1n) is 3.64. The number of benzene rings is 1. The van der Waals surface area contributed by atoms with E-state index in [2.05, 4.69) is 0 Å². The lowest BCUT2D eigenvalue weighted by Crippen LogP contribution is -2.00. The van der Waals surface area contributed by atoms with Crippen molar-refractivity contribution in [2.24, 2.45) is 0 Å². The van der Waals surface area contributed by atoms with Crippen molar-refractivity contribution in [3.8, 4) is 5.75 Å². The number of hydrogen-bond donors (Lipinski definition) is 2. The van der Waals surface area contributed by atoms with Gasteiger partial charge in [-0.1, -0.05) is 0 Å². The Hall–Kier alpha value is -2.11. The largest absolute Gasteiger partial charge is 0.501 e. The van der Waals surface area contributed by atoms with Gasteiger partial charge in [0.1, 0.15) is 5.56 Å². The molecule has 2 N–H and O–H groups in total. The van der Waals surface area contributed by atoms with Gasteiger partial charge in [0, 0.05) is 6.07 Å². The first-order chi connectivity index (χ1) is 6.43. The van der Waals surface area contributed by atoms with Gasteiger partial charge in [-0.3, -0.25) is 10.1 Å². The van der Waals surface area contributed by atoms with Crippen molar-refractivity contribution in [1.82, 2.24) is 0 Å². The van der Waals surface area contributed by atoms with Crippen molar-refractivity contribution in [2.45, 2.75) is 6.92 Å². The minimum absolute atomic E-state index is 0.409. The van der Waals surface area contributed by atoms with E-state index in [9.17, 15) is 20.0 Å². The highest BCUT2D eigenvalue weighted by molar-refractivity contribution is 5.92. The molecule has 0 amide bonds. The van der Waals surface area contributed by atoms with Crippen LogP contribution in [-0.2, 0) is 0 Å². The van der Waals surface area contributed by atoms with Gasteiger partial charge in [0.05, 0.1) is 4.92 Å². The first kappa shape index (κ1) is 9.97. The van der Waals surface area contributed by atoms with E-state index in [0.29, 0.717) is 5.56 Å². The van der Waals surface area contributed by atoms with Crippen molar-refractivity contribution < 1.29 is 19.9 Å². The van der Waals surface area contributed by atoms with Crippen LogP contribution < -0.4 is 0 Å². The van der Waals surface area contributed by atoms with E-state index >= 15 is 0 Å². The fraction of sp³-hybridized carbons (Fsp3) is 0.125. The Kier molecular flexibility index (Phi) is 2.37. The van der Waals surface area contributed by atoms with Crippen LogP contribution in [0.25, 0.3) is 0 Å². The average molecular weight is 197 g/mol. The summed E-state index contributed by atoms with van der Waals surface area (Å²) in [7, 11) is 0. The highest BCUT2D eigenvalue weighted by Gasteiger charge is 2.21. The zero-order valence-electron chi connectivity index (χ0n) is 7.22. The lowest BCUT2D eigenvalue weighted by molar-refractivity contribution is -0.385. The third-order valence-electron chi connectivity index (χ3n) is 1.66. The van der Waals surface area contributed by atoms with Crippen LogP contribution in [0.3, 0.4) is 0 Å². The van der Waals surface area contributed by atoms with Crippen molar-refractivity contribution in [3.63, 3.8) is 0 Å². The minimum Gasteiger partial charge on any atom is -0.501 e. The van der Waals surface area contributed by atoms with Gasteiger partial charge < -0.3 is 10.2 Å². The molecule has 74 valence electrons. The lowest BCUT2D eigenvalue weighted by Gasteiger charge is -2.01. The summed E-state index contributed by atoms with van der Waals surface area (Å²) in [6.07, 6.45) is 0. The highest BCUT2D eigenvalue weighted by Crippen LogP contribution is 2.30. The Morgan fingerprint density at radius 1 is 1.50 bits per heavy atom. The molecule has 0 heterocycles. The highest BCUT2D eigenvalue weighted by atomic mass is 16.6. The number of nitro groups is 1. The Morgan fingerprint density at radius 2 is 2.07 bits per heavy atom. The van der Waals surface area contributed by atoms with E-state index in [1.807, 2.05) is 0 Å². The zero-order chi connectivity index (χ0) is 10.9. The number of hydrogen-bond acceptors (Lipinski definition) is 4. The Balaban J connectivity index is 3.47. The molecule has 0 spiro atoms. The third kappa shape index (κ3) is 1.63. The number of rotatable bonds is 2. The SMILES string of the molecule is Cc1cc(C(=O)O)c(O)c([N+](=O)[O-])c1. The van der Waals surface area contributed by atoms with Crippen molar-refractivity contribution in [3.05, 3.63) is 33.4 Å². The van der Waals surface area contributed by atoms with Crippen LogP contribution in [0, 0.1) is 17.0 Å². The van der Waals surface area contributed by atoms with E-state index in [1.54, 1.807) is 0 Å². The molecular weight excluding hydrogens is 190 g/mol. The van der Waals surface area contributed by atoms with Gasteiger partial charge in [-0.05, 0) is 18.6 Å². The summed E-state index contributed by atoms with van der Waals surface area (Å²) in [4.78, 5) is 20.1. The second-order valence-corrected chi connectivity index (χ2v) is 2.74. The number of aromatic carboxylic acids is 1. The number of nitrogens with zero attached hydrogens (tertiary/aromatic N) is 1. The van der Waals surface area contributed by atoms with Gasteiger partial charge in [-0.25, -0.2) is 4.79 Å². The fourth-order valence-corrected chi connectivity index (χ4v) is 1.06. The number of phenols is 1. The van der Waals surface area contributed by atoms with Crippen LogP contribution in [0.2, 0.25) is 0 Å². The number of carboxylic acid groups (broad SMARTS) is 1. The van der Waals surface area contributed by atoms with Crippen LogP contribution in [0.15, 0.2) is 12.1 Å². The van der Waals surface area contributed by atoms with Crippen molar-refractivity contribution in [1.29, 1.82) is 0 Å². The standard InChI is InChI=1S/C8H7NO5/c1-4-2-5(8(11)12)7(10)6(3-4)9(13)14/h2-3,10H,1H3,(H,11,12). The maximum absolute atomic E-state index is 10.6. The molecule has 1 aromatic carbocycles. The molecule has 0 atom stereocenters. The van der Waals surface area contributed by atoms with Crippen LogP contribution in [-0.4, -0.2) is 21.1 Å². The maximum atomic E-state index is 10.6. The van der Waals surface area contributed by atoms with Gasteiger partial charge in [-0.15, -0.1) is 0 Å². The fourth-order valence-electron chi connectivity index (χ4n) is 1.06. The summed E-state index contributed by atoms with van der Waals surface area (Å²) in [5, 5.41) is 28.2. The summed E-state index contributed by atoms with van der Waals surface area (Å²) < 4.78 is 0. The molecule has 0 aliphatic rings. The molecule has 6 nitrogen and oxygen atoms in total. The van der Waals surface area contributed by atoms with Gasteiger partial charge in [0.2, 0.25) is 5.75 Å². The maximum Gasteiger partial charge on any atom is 0.339 e. The molecule has 1 rings (SSSR count). The van der Waals surface area contributed by atoms with Crippen LogP contribution in [0.1, 0.15) is 15.9 Å². The average Bonchev–Trinajstić information content (AvgIpc) is 2.07. The normalized spacial score (nSPS) is 9.79.